The number of carbonyl (C=O) groups excluding carboxylic acids is 1. The number of H-pyrrole nitrogens is 1. The number of fused-ring (bicyclic) bond motifs is 5. The van der Waals surface area contributed by atoms with Gasteiger partial charge in [-0.05, 0) is 42.9 Å². The van der Waals surface area contributed by atoms with Crippen molar-refractivity contribution in [1.82, 2.24) is 30.2 Å². The molecule has 4 aromatic heterocycles. The number of aromatic nitrogens is 5. The highest BCUT2D eigenvalue weighted by Gasteiger charge is 2.44. The van der Waals surface area contributed by atoms with Crippen molar-refractivity contribution in [2.75, 3.05) is 11.9 Å². The second kappa shape index (κ2) is 8.11. The molecule has 1 aromatic carbocycles. The zero-order valence-electron chi connectivity index (χ0n) is 21.0. The number of anilines is 1. The molecular weight excluding hydrogens is 478 g/mol. The summed E-state index contributed by atoms with van der Waals surface area (Å²) >= 11 is 0. The van der Waals surface area contributed by atoms with E-state index >= 15 is 0 Å². The summed E-state index contributed by atoms with van der Waals surface area (Å²) in [6.45, 7) is 0. The fourth-order valence-corrected chi connectivity index (χ4v) is 6.51. The maximum atomic E-state index is 11.7. The topological polar surface area (TPSA) is 109 Å². The van der Waals surface area contributed by atoms with Gasteiger partial charge in [0.1, 0.15) is 17.6 Å². The number of carbonyl (C=O) groups is 1. The van der Waals surface area contributed by atoms with Gasteiger partial charge in [-0.3, -0.25) is 4.98 Å². The zero-order valence-corrected chi connectivity index (χ0v) is 21.0. The number of nitrogens with zero attached hydrogens (tertiary/aromatic N) is 5. The molecule has 0 bridgehead atoms. The second-order valence-corrected chi connectivity index (χ2v) is 10.8. The molecular formula is C29H27N7O2. The smallest absolute Gasteiger partial charge is 0.407 e. The summed E-state index contributed by atoms with van der Waals surface area (Å²) in [5, 5.41) is 6.17. The van der Waals surface area contributed by atoms with Gasteiger partial charge < -0.3 is 19.9 Å². The van der Waals surface area contributed by atoms with Crippen LogP contribution in [0.5, 0.6) is 0 Å². The van der Waals surface area contributed by atoms with Crippen molar-refractivity contribution in [2.45, 2.75) is 56.2 Å². The number of rotatable bonds is 4. The van der Waals surface area contributed by atoms with Gasteiger partial charge in [0.05, 0.1) is 17.8 Å². The number of aromatic amines is 1. The normalized spacial score (nSPS) is 23.0. The molecule has 1 saturated heterocycles. The largest absolute Gasteiger partial charge is 0.444 e. The number of hydrogen-bond acceptors (Lipinski definition) is 7. The standard InChI is InChI=1S/C29H27N7O2/c1-36(16-11-21-23(12-16)38-29(37)34-21)28-25-19(15-5-4-6-15)13-30-14-22(25)33-26(35-28)18-9-10-31-27-24(18)17-7-2-3-8-20(17)32-27/h2-3,7-10,13-16,21,23H,4-6,11-12H2,1H3,(H,31,32)(H,34,37). The summed E-state index contributed by atoms with van der Waals surface area (Å²) in [6.07, 6.45) is 10.4. The Bertz CT molecular complexity index is 1730. The van der Waals surface area contributed by atoms with Gasteiger partial charge in [0.15, 0.2) is 5.82 Å². The van der Waals surface area contributed by atoms with Crippen LogP contribution in [-0.4, -0.2) is 56.2 Å². The summed E-state index contributed by atoms with van der Waals surface area (Å²) in [7, 11) is 2.11. The Morgan fingerprint density at radius 2 is 1.95 bits per heavy atom. The van der Waals surface area contributed by atoms with Gasteiger partial charge in [0, 0.05) is 59.1 Å². The number of para-hydroxylation sites is 1. The Balaban J connectivity index is 1.33. The van der Waals surface area contributed by atoms with Crippen LogP contribution in [0.25, 0.3) is 44.2 Å². The molecule has 0 radical (unpaired) electrons. The molecule has 9 heteroatoms. The molecule has 1 aliphatic heterocycles. The SMILES string of the molecule is CN(c1nc(-c2ccnc3[nH]c4ccccc4c23)nc2cncc(C3CCC3)c12)C1CC2NC(=O)OC2C1. The van der Waals surface area contributed by atoms with Crippen LogP contribution in [0.4, 0.5) is 10.6 Å². The van der Waals surface area contributed by atoms with Crippen LogP contribution in [-0.2, 0) is 4.74 Å². The lowest BCUT2D eigenvalue weighted by Gasteiger charge is -2.31. The average Bonchev–Trinajstić information content (AvgIpc) is 3.57. The van der Waals surface area contributed by atoms with Gasteiger partial charge in [0.2, 0.25) is 0 Å². The van der Waals surface area contributed by atoms with Gasteiger partial charge in [-0.1, -0.05) is 24.6 Å². The molecule has 2 N–H and O–H groups in total. The molecule has 3 atom stereocenters. The van der Waals surface area contributed by atoms with Crippen LogP contribution in [0.2, 0.25) is 0 Å². The molecule has 38 heavy (non-hydrogen) atoms. The minimum atomic E-state index is -0.311. The molecule has 3 unspecified atom stereocenters. The van der Waals surface area contributed by atoms with Crippen molar-refractivity contribution in [3.63, 3.8) is 0 Å². The lowest BCUT2D eigenvalue weighted by atomic mass is 9.79. The van der Waals surface area contributed by atoms with Crippen LogP contribution < -0.4 is 10.2 Å². The van der Waals surface area contributed by atoms with Crippen molar-refractivity contribution >= 4 is 44.8 Å². The second-order valence-electron chi connectivity index (χ2n) is 10.8. The predicted molar refractivity (Wildman–Crippen MR) is 145 cm³/mol. The highest BCUT2D eigenvalue weighted by Crippen LogP contribution is 2.43. The summed E-state index contributed by atoms with van der Waals surface area (Å²) in [5.74, 6) is 2.06. The highest BCUT2D eigenvalue weighted by atomic mass is 16.6. The first-order valence-corrected chi connectivity index (χ1v) is 13.4. The van der Waals surface area contributed by atoms with Gasteiger partial charge in [0.25, 0.3) is 0 Å². The number of pyridine rings is 2. The van der Waals surface area contributed by atoms with E-state index in [9.17, 15) is 4.79 Å². The zero-order chi connectivity index (χ0) is 25.4. The molecule has 1 amide bonds. The number of nitrogens with one attached hydrogen (secondary N) is 2. The van der Waals surface area contributed by atoms with E-state index < -0.39 is 0 Å². The van der Waals surface area contributed by atoms with E-state index in [0.717, 1.165) is 57.1 Å². The van der Waals surface area contributed by atoms with E-state index in [1.54, 1.807) is 0 Å². The van der Waals surface area contributed by atoms with Crippen LogP contribution >= 0.6 is 0 Å². The fraction of sp³-hybridized carbons (Fsp3) is 0.345. The summed E-state index contributed by atoms with van der Waals surface area (Å²) in [5.41, 5.74) is 4.89. The van der Waals surface area contributed by atoms with E-state index in [-0.39, 0.29) is 24.3 Å². The quantitative estimate of drug-likeness (QED) is 0.351. The van der Waals surface area contributed by atoms with Crippen molar-refractivity contribution in [2.24, 2.45) is 0 Å². The maximum Gasteiger partial charge on any atom is 0.407 e. The van der Waals surface area contributed by atoms with Gasteiger partial charge in [-0.25, -0.2) is 19.7 Å². The molecule has 5 heterocycles. The summed E-state index contributed by atoms with van der Waals surface area (Å²) in [6, 6.07) is 10.5. The Kier molecular flexibility index (Phi) is 4.65. The number of amides is 1. The third kappa shape index (κ3) is 3.20. The molecule has 2 saturated carbocycles. The van der Waals surface area contributed by atoms with E-state index in [4.69, 9.17) is 14.7 Å². The lowest BCUT2D eigenvalue weighted by molar-refractivity contribution is 0.136. The molecule has 0 spiro atoms. The number of alkyl carbamates (subject to hydrolysis) is 1. The number of ether oxygens (including phenoxy) is 1. The molecule has 2 aliphatic carbocycles. The molecule has 9 nitrogen and oxygen atoms in total. The first kappa shape index (κ1) is 21.8. The van der Waals surface area contributed by atoms with Crippen LogP contribution in [0.1, 0.15) is 43.6 Å². The molecule has 190 valence electrons. The van der Waals surface area contributed by atoms with E-state index in [2.05, 4.69) is 44.3 Å². The highest BCUT2D eigenvalue weighted by molar-refractivity contribution is 6.12. The number of hydrogen-bond donors (Lipinski definition) is 2. The molecule has 3 fully saturated rings. The summed E-state index contributed by atoms with van der Waals surface area (Å²) < 4.78 is 5.52. The predicted octanol–water partition coefficient (Wildman–Crippen LogP) is 5.06. The van der Waals surface area contributed by atoms with E-state index in [1.165, 1.54) is 24.8 Å². The van der Waals surface area contributed by atoms with Crippen LogP contribution in [0.15, 0.2) is 48.9 Å². The Hall–Kier alpha value is -4.27. The maximum absolute atomic E-state index is 11.7. The van der Waals surface area contributed by atoms with Crippen molar-refractivity contribution in [3.8, 4) is 11.4 Å². The number of benzene rings is 1. The summed E-state index contributed by atoms with van der Waals surface area (Å²) in [4.78, 5) is 37.0. The van der Waals surface area contributed by atoms with Crippen molar-refractivity contribution in [3.05, 3.63) is 54.5 Å². The molecule has 5 aromatic rings. The Morgan fingerprint density at radius 3 is 2.79 bits per heavy atom. The van der Waals surface area contributed by atoms with E-state index in [1.807, 2.05) is 36.8 Å². The third-order valence-electron chi connectivity index (χ3n) is 8.73. The minimum absolute atomic E-state index is 0.0429. The van der Waals surface area contributed by atoms with Gasteiger partial charge in [-0.15, -0.1) is 0 Å². The third-order valence-corrected chi connectivity index (χ3v) is 8.73. The minimum Gasteiger partial charge on any atom is -0.444 e. The van der Waals surface area contributed by atoms with Gasteiger partial charge >= 0.3 is 6.09 Å². The van der Waals surface area contributed by atoms with E-state index in [0.29, 0.717) is 11.7 Å². The van der Waals surface area contributed by atoms with Crippen molar-refractivity contribution < 1.29 is 9.53 Å². The van der Waals surface area contributed by atoms with Crippen LogP contribution in [0, 0.1) is 0 Å². The fourth-order valence-electron chi connectivity index (χ4n) is 6.51. The van der Waals surface area contributed by atoms with Gasteiger partial charge in [-0.2, -0.15) is 0 Å². The van der Waals surface area contributed by atoms with Crippen LogP contribution in [0.3, 0.4) is 0 Å². The first-order chi connectivity index (χ1) is 18.6. The van der Waals surface area contributed by atoms with Crippen molar-refractivity contribution in [1.29, 1.82) is 0 Å². The molecule has 3 aliphatic rings. The monoisotopic (exact) mass is 505 g/mol. The Labute approximate surface area is 218 Å². The first-order valence-electron chi connectivity index (χ1n) is 13.4. The molecule has 8 rings (SSSR count). The average molecular weight is 506 g/mol. The Morgan fingerprint density at radius 1 is 1.05 bits per heavy atom. The lowest BCUT2D eigenvalue weighted by Crippen LogP contribution is -2.34.